The van der Waals surface area contributed by atoms with Crippen LogP contribution in [0.4, 0.5) is 0 Å². The Morgan fingerprint density at radius 2 is 2.16 bits per heavy atom. The van der Waals surface area contributed by atoms with Gasteiger partial charge in [0, 0.05) is 18.4 Å². The van der Waals surface area contributed by atoms with Crippen molar-refractivity contribution in [2.45, 2.75) is 26.3 Å². The lowest BCUT2D eigenvalue weighted by molar-refractivity contribution is -0.119. The van der Waals surface area contributed by atoms with Crippen LogP contribution in [0.25, 0.3) is 11.4 Å². The molecule has 0 fully saturated rings. The number of aryl methyl sites for hydroxylation is 1. The number of ketones is 1. The third-order valence-corrected chi connectivity index (χ3v) is 3.45. The molecule has 0 amide bonds. The lowest BCUT2D eigenvalue weighted by atomic mass is 10.2. The molecule has 0 spiro atoms. The number of aromatic nitrogens is 4. The Labute approximate surface area is 120 Å². The first-order valence-electron chi connectivity index (χ1n) is 5.85. The van der Waals surface area contributed by atoms with E-state index in [4.69, 9.17) is 23.2 Å². The van der Waals surface area contributed by atoms with Crippen molar-refractivity contribution in [2.75, 3.05) is 0 Å². The van der Waals surface area contributed by atoms with Crippen molar-refractivity contribution < 1.29 is 4.79 Å². The van der Waals surface area contributed by atoms with Crippen molar-refractivity contribution in [2.24, 2.45) is 0 Å². The molecule has 0 saturated carbocycles. The van der Waals surface area contributed by atoms with Gasteiger partial charge in [-0.2, -0.15) is 4.80 Å². The molecule has 19 heavy (non-hydrogen) atoms. The largest absolute Gasteiger partial charge is 0.300 e. The zero-order chi connectivity index (χ0) is 13.8. The summed E-state index contributed by atoms with van der Waals surface area (Å²) in [4.78, 5) is 12.6. The predicted octanol–water partition coefficient (Wildman–Crippen LogP) is 3.02. The summed E-state index contributed by atoms with van der Waals surface area (Å²) in [6.07, 6.45) is 0.914. The van der Waals surface area contributed by atoms with Crippen molar-refractivity contribution in [3.63, 3.8) is 0 Å². The summed E-state index contributed by atoms with van der Waals surface area (Å²) in [7, 11) is 0. The molecular weight excluding hydrogens is 287 g/mol. The highest BCUT2D eigenvalue weighted by Gasteiger charge is 2.12. The van der Waals surface area contributed by atoms with Crippen molar-refractivity contribution in [3.8, 4) is 11.4 Å². The zero-order valence-corrected chi connectivity index (χ0v) is 11.8. The molecule has 1 aromatic heterocycles. The van der Waals surface area contributed by atoms with Crippen molar-refractivity contribution >= 4 is 29.0 Å². The Hall–Kier alpha value is -1.46. The molecule has 0 saturated heterocycles. The maximum atomic E-state index is 11.2. The number of nitrogens with zero attached hydrogens (tertiary/aromatic N) is 4. The average Bonchev–Trinajstić information content (AvgIpc) is 2.87. The van der Waals surface area contributed by atoms with Crippen LogP contribution in [-0.4, -0.2) is 26.0 Å². The number of benzene rings is 1. The molecule has 0 aliphatic rings. The van der Waals surface area contributed by atoms with Gasteiger partial charge in [-0.3, -0.25) is 4.79 Å². The predicted molar refractivity (Wildman–Crippen MR) is 73.2 cm³/mol. The number of carbonyl (C=O) groups is 1. The number of rotatable bonds is 5. The third kappa shape index (κ3) is 3.30. The number of carbonyl (C=O) groups excluding carboxylic acids is 1. The minimum atomic E-state index is 0.166. The molecule has 1 heterocycles. The van der Waals surface area contributed by atoms with E-state index in [0.717, 1.165) is 0 Å². The Balaban J connectivity index is 2.17. The molecule has 5 nitrogen and oxygen atoms in total. The number of tetrazole rings is 1. The van der Waals surface area contributed by atoms with E-state index in [9.17, 15) is 4.79 Å². The third-order valence-electron chi connectivity index (χ3n) is 2.63. The van der Waals surface area contributed by atoms with E-state index in [0.29, 0.717) is 40.8 Å². The number of Topliss-reactive ketones (excluding diaryl/α,β-unsaturated/α-hetero) is 1. The van der Waals surface area contributed by atoms with E-state index >= 15 is 0 Å². The topological polar surface area (TPSA) is 60.7 Å². The van der Waals surface area contributed by atoms with Crippen LogP contribution >= 0.6 is 23.2 Å². The summed E-state index contributed by atoms with van der Waals surface area (Å²) >= 11 is 12.0. The first-order valence-corrected chi connectivity index (χ1v) is 6.61. The normalized spacial score (nSPS) is 10.7. The summed E-state index contributed by atoms with van der Waals surface area (Å²) in [6, 6.07) is 5.23. The fraction of sp³-hybridized carbons (Fsp3) is 0.333. The zero-order valence-electron chi connectivity index (χ0n) is 10.3. The fourth-order valence-electron chi connectivity index (χ4n) is 1.52. The summed E-state index contributed by atoms with van der Waals surface area (Å²) in [5, 5.41) is 12.8. The molecule has 0 bridgehead atoms. The molecule has 0 N–H and O–H groups in total. The van der Waals surface area contributed by atoms with Crippen molar-refractivity contribution in [1.29, 1.82) is 0 Å². The van der Waals surface area contributed by atoms with Crippen LogP contribution in [0.1, 0.15) is 19.8 Å². The van der Waals surface area contributed by atoms with Gasteiger partial charge in [-0.15, -0.1) is 10.2 Å². The van der Waals surface area contributed by atoms with Gasteiger partial charge in [0.15, 0.2) is 0 Å². The van der Waals surface area contributed by atoms with Gasteiger partial charge in [0.1, 0.15) is 5.78 Å². The second-order valence-corrected chi connectivity index (χ2v) is 4.74. The number of halogens is 2. The van der Waals surface area contributed by atoms with E-state index in [-0.39, 0.29) is 5.78 Å². The SMILES string of the molecule is CCC(=O)CCn1nnc(-c2cccc(Cl)c2Cl)n1. The molecule has 1 aromatic carbocycles. The van der Waals surface area contributed by atoms with Gasteiger partial charge in [0.2, 0.25) is 5.82 Å². The highest BCUT2D eigenvalue weighted by molar-refractivity contribution is 6.43. The molecule has 0 aliphatic heterocycles. The van der Waals surface area contributed by atoms with E-state index in [1.54, 1.807) is 18.2 Å². The van der Waals surface area contributed by atoms with Gasteiger partial charge < -0.3 is 0 Å². The van der Waals surface area contributed by atoms with E-state index in [1.165, 1.54) is 4.80 Å². The van der Waals surface area contributed by atoms with Crippen LogP contribution in [0.5, 0.6) is 0 Å². The standard InChI is InChI=1S/C12H12Cl2N4O/c1-2-8(19)6-7-18-16-12(15-17-18)9-4-3-5-10(13)11(9)14/h3-5H,2,6-7H2,1H3. The lowest BCUT2D eigenvalue weighted by Gasteiger charge is -2.00. The highest BCUT2D eigenvalue weighted by atomic mass is 35.5. The average molecular weight is 299 g/mol. The summed E-state index contributed by atoms with van der Waals surface area (Å²) in [5.41, 5.74) is 0.627. The van der Waals surface area contributed by atoms with Crippen LogP contribution in [0.3, 0.4) is 0 Å². The minimum Gasteiger partial charge on any atom is -0.300 e. The van der Waals surface area contributed by atoms with Gasteiger partial charge in [-0.05, 0) is 17.3 Å². The van der Waals surface area contributed by atoms with E-state index in [2.05, 4.69) is 15.4 Å². The quantitative estimate of drug-likeness (QED) is 0.851. The minimum absolute atomic E-state index is 0.166. The van der Waals surface area contributed by atoms with Gasteiger partial charge >= 0.3 is 0 Å². The van der Waals surface area contributed by atoms with Crippen molar-refractivity contribution in [3.05, 3.63) is 28.2 Å². The van der Waals surface area contributed by atoms with Gasteiger partial charge in [-0.1, -0.05) is 36.2 Å². The fourth-order valence-corrected chi connectivity index (χ4v) is 1.91. The van der Waals surface area contributed by atoms with Crippen LogP contribution in [0.15, 0.2) is 18.2 Å². The van der Waals surface area contributed by atoms with E-state index < -0.39 is 0 Å². The molecule has 2 rings (SSSR count). The van der Waals surface area contributed by atoms with E-state index in [1.807, 2.05) is 6.92 Å². The van der Waals surface area contributed by atoms with Crippen LogP contribution in [0.2, 0.25) is 10.0 Å². The molecule has 100 valence electrons. The Morgan fingerprint density at radius 1 is 1.37 bits per heavy atom. The maximum absolute atomic E-state index is 11.2. The lowest BCUT2D eigenvalue weighted by Crippen LogP contribution is -2.07. The Morgan fingerprint density at radius 3 is 2.89 bits per heavy atom. The first-order chi connectivity index (χ1) is 9.11. The Bertz CT molecular complexity index is 597. The summed E-state index contributed by atoms with van der Waals surface area (Å²) < 4.78 is 0. The maximum Gasteiger partial charge on any atom is 0.206 e. The molecule has 0 atom stereocenters. The molecular formula is C12H12Cl2N4O. The Kier molecular flexibility index (Phi) is 4.50. The van der Waals surface area contributed by atoms with Crippen molar-refractivity contribution in [1.82, 2.24) is 20.2 Å². The number of hydrogen-bond donors (Lipinski definition) is 0. The second-order valence-electron chi connectivity index (χ2n) is 3.95. The molecule has 0 radical (unpaired) electrons. The van der Waals surface area contributed by atoms with Gasteiger partial charge in [-0.25, -0.2) is 0 Å². The van der Waals surface area contributed by atoms with Gasteiger partial charge in [0.25, 0.3) is 0 Å². The molecule has 0 aliphatic carbocycles. The van der Waals surface area contributed by atoms with Crippen LogP contribution < -0.4 is 0 Å². The van der Waals surface area contributed by atoms with Crippen LogP contribution in [-0.2, 0) is 11.3 Å². The van der Waals surface area contributed by atoms with Crippen LogP contribution in [0, 0.1) is 0 Å². The first kappa shape index (κ1) is 14.0. The highest BCUT2D eigenvalue weighted by Crippen LogP contribution is 2.31. The monoisotopic (exact) mass is 298 g/mol. The van der Waals surface area contributed by atoms with Gasteiger partial charge in [0.05, 0.1) is 16.6 Å². The smallest absolute Gasteiger partial charge is 0.206 e. The molecule has 2 aromatic rings. The molecule has 7 heteroatoms. The molecule has 0 unspecified atom stereocenters. The summed E-state index contributed by atoms with van der Waals surface area (Å²) in [6.45, 7) is 2.24. The summed E-state index contributed by atoms with van der Waals surface area (Å²) in [5.74, 6) is 0.566. The number of hydrogen-bond acceptors (Lipinski definition) is 4. The second kappa shape index (κ2) is 6.12.